The number of aldehydes is 1. The Morgan fingerprint density at radius 3 is 2.56 bits per heavy atom. The van der Waals surface area contributed by atoms with E-state index in [-0.39, 0.29) is 6.42 Å². The molecular weight excluding hydrogens is 365 g/mol. The third-order valence-corrected chi connectivity index (χ3v) is 4.46. The molecule has 6 nitrogen and oxygen atoms in total. The maximum absolute atomic E-state index is 11.8. The topological polar surface area (TPSA) is 75.4 Å². The molecule has 2 aromatic rings. The highest BCUT2D eigenvalue weighted by Gasteiger charge is 2.18. The lowest BCUT2D eigenvalue weighted by Crippen LogP contribution is -2.28. The van der Waals surface area contributed by atoms with Crippen LogP contribution in [0.3, 0.4) is 0 Å². The molecule has 0 atom stereocenters. The van der Waals surface area contributed by atoms with Crippen LogP contribution in [0.4, 0.5) is 5.69 Å². The summed E-state index contributed by atoms with van der Waals surface area (Å²) in [6, 6.07) is 3.80. The lowest BCUT2D eigenvalue weighted by atomic mass is 10.1. The van der Waals surface area contributed by atoms with E-state index in [0.717, 1.165) is 23.3 Å². The molecule has 8 heteroatoms. The number of carbonyl (C=O) groups excluding carboxylic acids is 1. The van der Waals surface area contributed by atoms with E-state index in [2.05, 4.69) is 4.98 Å². The molecular formula is C17H21Cl2N3O3. The van der Waals surface area contributed by atoms with E-state index < -0.39 is 5.97 Å². The summed E-state index contributed by atoms with van der Waals surface area (Å²) in [5.74, 6) is 0.788. The van der Waals surface area contributed by atoms with Gasteiger partial charge in [0.1, 0.15) is 11.3 Å². The van der Waals surface area contributed by atoms with Gasteiger partial charge in [0.15, 0.2) is 6.29 Å². The summed E-state index contributed by atoms with van der Waals surface area (Å²) in [6.07, 6.45) is 1.94. The van der Waals surface area contributed by atoms with Crippen LogP contribution in [0.1, 0.15) is 29.0 Å². The van der Waals surface area contributed by atoms with Crippen LogP contribution in [0, 0.1) is 0 Å². The van der Waals surface area contributed by atoms with Crippen molar-refractivity contribution in [1.82, 2.24) is 9.55 Å². The number of imidazole rings is 1. The van der Waals surface area contributed by atoms with Crippen molar-refractivity contribution in [1.29, 1.82) is 0 Å². The molecule has 0 aliphatic carbocycles. The molecule has 0 radical (unpaired) electrons. The number of aryl methyl sites for hydroxylation is 2. The van der Waals surface area contributed by atoms with Crippen LogP contribution < -0.4 is 4.90 Å². The first-order valence-corrected chi connectivity index (χ1v) is 9.12. The van der Waals surface area contributed by atoms with Gasteiger partial charge in [0.05, 0.1) is 11.1 Å². The van der Waals surface area contributed by atoms with Crippen molar-refractivity contribution in [3.05, 3.63) is 23.5 Å². The first-order chi connectivity index (χ1) is 12.0. The van der Waals surface area contributed by atoms with Gasteiger partial charge in [-0.3, -0.25) is 9.59 Å². The average Bonchev–Trinajstić information content (AvgIpc) is 2.90. The zero-order chi connectivity index (χ0) is 18.4. The number of alkyl halides is 2. The number of aliphatic carboxylic acids is 1. The van der Waals surface area contributed by atoms with Gasteiger partial charge in [-0.05, 0) is 18.6 Å². The van der Waals surface area contributed by atoms with Gasteiger partial charge in [0.25, 0.3) is 0 Å². The van der Waals surface area contributed by atoms with E-state index in [1.165, 1.54) is 0 Å². The minimum absolute atomic E-state index is 0.0915. The normalized spacial score (nSPS) is 11.0. The van der Waals surface area contributed by atoms with Gasteiger partial charge >= 0.3 is 5.97 Å². The fourth-order valence-corrected chi connectivity index (χ4v) is 3.30. The summed E-state index contributed by atoms with van der Waals surface area (Å²) in [6.45, 7) is 1.16. The Kier molecular flexibility index (Phi) is 7.08. The molecule has 0 bridgehead atoms. The highest BCUT2D eigenvalue weighted by Crippen LogP contribution is 2.28. The number of halogens is 2. The second-order valence-electron chi connectivity index (χ2n) is 5.68. The number of benzene rings is 1. The lowest BCUT2D eigenvalue weighted by Gasteiger charge is -2.24. The molecule has 1 heterocycles. The molecule has 0 saturated heterocycles. The van der Waals surface area contributed by atoms with Crippen LogP contribution in [0.5, 0.6) is 0 Å². The largest absolute Gasteiger partial charge is 0.481 e. The second kappa shape index (κ2) is 9.06. The third kappa shape index (κ3) is 4.44. The van der Waals surface area contributed by atoms with Crippen molar-refractivity contribution >= 4 is 52.2 Å². The summed E-state index contributed by atoms with van der Waals surface area (Å²) < 4.78 is 1.90. The number of carboxylic acids is 1. The summed E-state index contributed by atoms with van der Waals surface area (Å²) >= 11 is 11.7. The number of hydrogen-bond donors (Lipinski definition) is 1. The van der Waals surface area contributed by atoms with Crippen LogP contribution in [-0.2, 0) is 18.3 Å². The van der Waals surface area contributed by atoms with E-state index in [1.54, 1.807) is 0 Å². The molecule has 0 amide bonds. The quantitative estimate of drug-likeness (QED) is 0.502. The van der Waals surface area contributed by atoms with Crippen LogP contribution >= 0.6 is 23.2 Å². The van der Waals surface area contributed by atoms with E-state index >= 15 is 0 Å². The highest BCUT2D eigenvalue weighted by atomic mass is 35.5. The Morgan fingerprint density at radius 2 is 2.00 bits per heavy atom. The summed E-state index contributed by atoms with van der Waals surface area (Å²) in [4.78, 5) is 29.0. The van der Waals surface area contributed by atoms with E-state index in [0.29, 0.717) is 48.8 Å². The molecule has 25 heavy (non-hydrogen) atoms. The molecule has 2 rings (SSSR count). The van der Waals surface area contributed by atoms with E-state index in [9.17, 15) is 9.59 Å². The molecule has 0 aliphatic heterocycles. The second-order valence-corrected chi connectivity index (χ2v) is 6.44. The number of carbonyl (C=O) groups is 2. The minimum atomic E-state index is -0.826. The number of aromatic nitrogens is 2. The van der Waals surface area contributed by atoms with Crippen molar-refractivity contribution in [3.8, 4) is 0 Å². The highest BCUT2D eigenvalue weighted by molar-refractivity contribution is 6.18. The number of anilines is 1. The fraction of sp³-hybridized carbons (Fsp3) is 0.471. The Balaban J connectivity index is 2.43. The zero-order valence-electron chi connectivity index (χ0n) is 14.0. The molecule has 136 valence electrons. The monoisotopic (exact) mass is 385 g/mol. The minimum Gasteiger partial charge on any atom is -0.481 e. The van der Waals surface area contributed by atoms with Crippen molar-refractivity contribution in [2.24, 2.45) is 7.05 Å². The SMILES string of the molecule is Cn1c(CCCC(=O)O)nc2c(C=O)c(N(CCCl)CCCl)ccc21. The summed E-state index contributed by atoms with van der Waals surface area (Å²) in [5.41, 5.74) is 2.73. The Labute approximate surface area is 156 Å². The predicted molar refractivity (Wildman–Crippen MR) is 100 cm³/mol. The van der Waals surface area contributed by atoms with Crippen molar-refractivity contribution < 1.29 is 14.7 Å². The molecule has 1 aromatic heterocycles. The van der Waals surface area contributed by atoms with Crippen molar-refractivity contribution in [2.45, 2.75) is 19.3 Å². The molecule has 0 unspecified atom stereocenters. The molecule has 0 fully saturated rings. The van der Waals surface area contributed by atoms with Gasteiger partial charge in [0.2, 0.25) is 0 Å². The van der Waals surface area contributed by atoms with Gasteiger partial charge in [-0.15, -0.1) is 23.2 Å². The van der Waals surface area contributed by atoms with E-state index in [4.69, 9.17) is 28.3 Å². The number of fused-ring (bicyclic) bond motifs is 1. The van der Waals surface area contributed by atoms with Crippen LogP contribution in [0.25, 0.3) is 11.0 Å². The Hall–Kier alpha value is -1.79. The first-order valence-electron chi connectivity index (χ1n) is 8.05. The molecule has 1 N–H and O–H groups in total. The molecule has 0 saturated carbocycles. The number of rotatable bonds is 10. The third-order valence-electron chi connectivity index (χ3n) is 4.12. The van der Waals surface area contributed by atoms with Crippen LogP contribution in [-0.4, -0.2) is 51.8 Å². The fourth-order valence-electron chi connectivity index (χ4n) is 2.89. The Bertz CT molecular complexity index is 755. The van der Waals surface area contributed by atoms with Crippen molar-refractivity contribution in [3.63, 3.8) is 0 Å². The maximum atomic E-state index is 11.8. The van der Waals surface area contributed by atoms with Crippen LogP contribution in [0.2, 0.25) is 0 Å². The van der Waals surface area contributed by atoms with Crippen molar-refractivity contribution in [2.75, 3.05) is 29.7 Å². The van der Waals surface area contributed by atoms with Gasteiger partial charge in [-0.25, -0.2) is 4.98 Å². The average molecular weight is 386 g/mol. The molecule has 0 spiro atoms. The first kappa shape index (κ1) is 19.5. The number of hydrogen-bond acceptors (Lipinski definition) is 4. The molecule has 0 aliphatic rings. The number of nitrogens with zero attached hydrogens (tertiary/aromatic N) is 3. The van der Waals surface area contributed by atoms with Gasteiger partial charge < -0.3 is 14.6 Å². The Morgan fingerprint density at radius 1 is 1.32 bits per heavy atom. The smallest absolute Gasteiger partial charge is 0.303 e. The van der Waals surface area contributed by atoms with Gasteiger partial charge in [-0.2, -0.15) is 0 Å². The summed E-state index contributed by atoms with van der Waals surface area (Å²) in [7, 11) is 1.87. The number of carboxylic acid groups (broad SMARTS) is 1. The maximum Gasteiger partial charge on any atom is 0.303 e. The molecule has 1 aromatic carbocycles. The van der Waals surface area contributed by atoms with E-state index in [1.807, 2.05) is 28.6 Å². The van der Waals surface area contributed by atoms with Gasteiger partial charge in [-0.1, -0.05) is 0 Å². The lowest BCUT2D eigenvalue weighted by molar-refractivity contribution is -0.137. The van der Waals surface area contributed by atoms with Gasteiger partial charge in [0, 0.05) is 50.4 Å². The van der Waals surface area contributed by atoms with Crippen LogP contribution in [0.15, 0.2) is 12.1 Å². The predicted octanol–water partition coefficient (Wildman–Crippen LogP) is 3.08. The standard InChI is InChI=1S/C17H21Cl2N3O3/c1-21-14-6-5-13(22(9-7-18)10-8-19)12(11-23)17(14)20-15(21)3-2-4-16(24)25/h5-6,11H,2-4,7-10H2,1H3,(H,24,25). The zero-order valence-corrected chi connectivity index (χ0v) is 15.6. The summed E-state index contributed by atoms with van der Waals surface area (Å²) in [5, 5.41) is 8.78.